The summed E-state index contributed by atoms with van der Waals surface area (Å²) < 4.78 is 26.7. The minimum absolute atomic E-state index is 0.274. The van der Waals surface area contributed by atoms with E-state index in [0.29, 0.717) is 29.4 Å². The second kappa shape index (κ2) is 7.96. The molecule has 2 heterocycles. The van der Waals surface area contributed by atoms with Gasteiger partial charge < -0.3 is 4.98 Å². The van der Waals surface area contributed by atoms with Gasteiger partial charge in [0.15, 0.2) is 0 Å². The topological polar surface area (TPSA) is 79.0 Å². The second-order valence-corrected chi connectivity index (χ2v) is 8.93. The summed E-state index contributed by atoms with van der Waals surface area (Å²) >= 11 is 7.36. The molecule has 26 heavy (non-hydrogen) atoms. The number of nitrogens with one attached hydrogen (secondary N) is 1. The first-order chi connectivity index (χ1) is 12.4. The van der Waals surface area contributed by atoms with Gasteiger partial charge in [-0.05, 0) is 30.3 Å². The predicted molar refractivity (Wildman–Crippen MR) is 105 cm³/mol. The van der Waals surface area contributed by atoms with Crippen LogP contribution >= 0.6 is 23.4 Å². The summed E-state index contributed by atoms with van der Waals surface area (Å²) in [7, 11) is -3.48. The lowest BCUT2D eigenvalue weighted by atomic mass is 10.3. The van der Waals surface area contributed by atoms with Gasteiger partial charge in [-0.3, -0.25) is 0 Å². The van der Waals surface area contributed by atoms with Crippen LogP contribution in [0.1, 0.15) is 19.7 Å². The van der Waals surface area contributed by atoms with Crippen LogP contribution in [0.3, 0.4) is 0 Å². The molecule has 0 aliphatic heterocycles. The second-order valence-electron chi connectivity index (χ2n) is 5.56. The normalized spacial score (nSPS) is 12.2. The van der Waals surface area contributed by atoms with Gasteiger partial charge in [-0.25, -0.2) is 18.4 Å². The molecule has 0 radical (unpaired) electrons. The van der Waals surface area contributed by atoms with Crippen LogP contribution < -0.4 is 0 Å². The van der Waals surface area contributed by atoms with E-state index in [1.54, 1.807) is 30.5 Å². The lowest BCUT2D eigenvalue weighted by Gasteiger charge is -2.18. The first-order valence-electron chi connectivity index (χ1n) is 8.17. The molecule has 0 aliphatic carbocycles. The maximum absolute atomic E-state index is 12.7. The molecule has 2 aromatic heterocycles. The van der Waals surface area contributed by atoms with Crippen molar-refractivity contribution < 1.29 is 8.42 Å². The molecule has 1 N–H and O–H groups in total. The number of imidazole rings is 1. The number of H-pyrrole nitrogens is 1. The third-order valence-corrected chi connectivity index (χ3v) is 7.13. The van der Waals surface area contributed by atoms with Crippen molar-refractivity contribution in [2.45, 2.75) is 29.5 Å². The maximum Gasteiger partial charge on any atom is 0.243 e. The summed E-state index contributed by atoms with van der Waals surface area (Å²) in [5.41, 5.74) is 1.45. The van der Waals surface area contributed by atoms with Gasteiger partial charge in [-0.1, -0.05) is 37.2 Å². The number of aromatic amines is 1. The summed E-state index contributed by atoms with van der Waals surface area (Å²) in [5, 5.41) is 1.44. The molecular weight excluding hydrogens is 392 g/mol. The number of pyridine rings is 1. The molecule has 0 saturated heterocycles. The monoisotopic (exact) mass is 410 g/mol. The maximum atomic E-state index is 12.7. The zero-order valence-electron chi connectivity index (χ0n) is 14.4. The van der Waals surface area contributed by atoms with Crippen LogP contribution in [0.2, 0.25) is 5.02 Å². The molecule has 0 bridgehead atoms. The van der Waals surface area contributed by atoms with Gasteiger partial charge in [0.2, 0.25) is 10.0 Å². The number of aromatic nitrogens is 3. The van der Waals surface area contributed by atoms with Crippen LogP contribution in [0.5, 0.6) is 0 Å². The highest BCUT2D eigenvalue weighted by atomic mass is 35.5. The standard InChI is InChI=1S/C17H19ClN4O2S2/c1-3-22(4-2)26(23,24)13-6-7-14-15(9-13)21-16(20-14)11-25-17-8-5-12(18)10-19-17/h5-10H,3-4,11H2,1-2H3,(H,20,21). The fourth-order valence-corrected chi connectivity index (χ4v) is 4.88. The minimum Gasteiger partial charge on any atom is -0.341 e. The Labute approximate surface area is 162 Å². The van der Waals surface area contributed by atoms with E-state index in [0.717, 1.165) is 16.4 Å². The van der Waals surface area contributed by atoms with E-state index in [-0.39, 0.29) is 4.90 Å². The molecule has 0 unspecified atom stereocenters. The Morgan fingerprint density at radius 3 is 2.62 bits per heavy atom. The number of rotatable bonds is 7. The number of nitrogens with zero attached hydrogens (tertiary/aromatic N) is 3. The lowest BCUT2D eigenvalue weighted by molar-refractivity contribution is 0.445. The smallest absolute Gasteiger partial charge is 0.243 e. The number of thioether (sulfide) groups is 1. The van der Waals surface area contributed by atoms with Crippen LogP contribution in [-0.2, 0) is 15.8 Å². The zero-order valence-corrected chi connectivity index (χ0v) is 16.8. The molecule has 3 aromatic rings. The van der Waals surface area contributed by atoms with Crippen molar-refractivity contribution in [1.82, 2.24) is 19.3 Å². The Bertz CT molecular complexity index is 999. The largest absolute Gasteiger partial charge is 0.341 e. The first-order valence-corrected chi connectivity index (χ1v) is 11.0. The Morgan fingerprint density at radius 1 is 1.19 bits per heavy atom. The Balaban J connectivity index is 1.82. The Kier molecular flexibility index (Phi) is 5.86. The molecule has 0 fully saturated rings. The van der Waals surface area contributed by atoms with Crippen molar-refractivity contribution in [3.05, 3.63) is 47.4 Å². The number of benzene rings is 1. The molecule has 0 amide bonds. The van der Waals surface area contributed by atoms with Crippen LogP contribution in [0.25, 0.3) is 11.0 Å². The van der Waals surface area contributed by atoms with Crippen molar-refractivity contribution >= 4 is 44.4 Å². The number of hydrogen-bond donors (Lipinski definition) is 1. The van der Waals surface area contributed by atoms with Gasteiger partial charge in [0.1, 0.15) is 5.82 Å². The average molecular weight is 411 g/mol. The average Bonchev–Trinajstić information content (AvgIpc) is 3.04. The highest BCUT2D eigenvalue weighted by Gasteiger charge is 2.22. The highest BCUT2D eigenvalue weighted by molar-refractivity contribution is 7.98. The van der Waals surface area contributed by atoms with Crippen LogP contribution in [-0.4, -0.2) is 40.8 Å². The summed E-state index contributed by atoms with van der Waals surface area (Å²) in [5.74, 6) is 1.36. The van der Waals surface area contributed by atoms with Gasteiger partial charge in [-0.2, -0.15) is 4.31 Å². The molecular formula is C17H19ClN4O2S2. The van der Waals surface area contributed by atoms with Gasteiger partial charge in [0.25, 0.3) is 0 Å². The van der Waals surface area contributed by atoms with Crippen LogP contribution in [0, 0.1) is 0 Å². The number of sulfonamides is 1. The molecule has 0 atom stereocenters. The number of fused-ring (bicyclic) bond motifs is 1. The molecule has 9 heteroatoms. The van der Waals surface area contributed by atoms with Crippen molar-refractivity contribution in [3.63, 3.8) is 0 Å². The van der Waals surface area contributed by atoms with Crippen LogP contribution in [0.4, 0.5) is 0 Å². The van der Waals surface area contributed by atoms with E-state index < -0.39 is 10.0 Å². The molecule has 138 valence electrons. The summed E-state index contributed by atoms with van der Waals surface area (Å²) in [4.78, 5) is 12.2. The third-order valence-electron chi connectivity index (χ3n) is 3.90. The van der Waals surface area contributed by atoms with Crippen molar-refractivity contribution in [2.24, 2.45) is 0 Å². The Hall–Kier alpha value is -1.61. The number of hydrogen-bond acceptors (Lipinski definition) is 5. The first kappa shape index (κ1) is 19.2. The van der Waals surface area contributed by atoms with Gasteiger partial charge in [-0.15, -0.1) is 0 Å². The van der Waals surface area contributed by atoms with E-state index in [1.165, 1.54) is 16.1 Å². The van der Waals surface area contributed by atoms with E-state index in [2.05, 4.69) is 15.0 Å². The summed E-state index contributed by atoms with van der Waals surface area (Å²) in [6, 6.07) is 8.63. The molecule has 0 aliphatic rings. The van der Waals surface area contributed by atoms with Crippen LogP contribution in [0.15, 0.2) is 46.5 Å². The highest BCUT2D eigenvalue weighted by Crippen LogP contribution is 2.24. The van der Waals surface area contributed by atoms with E-state index >= 15 is 0 Å². The summed E-state index contributed by atoms with van der Waals surface area (Å²) in [6.07, 6.45) is 1.60. The third kappa shape index (κ3) is 4.03. The van der Waals surface area contributed by atoms with E-state index in [1.807, 2.05) is 19.9 Å². The molecule has 0 spiro atoms. The molecule has 1 aromatic carbocycles. The predicted octanol–water partition coefficient (Wildman–Crippen LogP) is 3.93. The molecule has 0 saturated carbocycles. The fourth-order valence-electron chi connectivity index (χ4n) is 2.57. The van der Waals surface area contributed by atoms with Crippen molar-refractivity contribution in [2.75, 3.05) is 13.1 Å². The molecule has 3 rings (SSSR count). The zero-order chi connectivity index (χ0) is 18.7. The van der Waals surface area contributed by atoms with E-state index in [9.17, 15) is 8.42 Å². The van der Waals surface area contributed by atoms with Crippen molar-refractivity contribution in [3.8, 4) is 0 Å². The lowest BCUT2D eigenvalue weighted by Crippen LogP contribution is -2.30. The quantitative estimate of drug-likeness (QED) is 0.597. The van der Waals surface area contributed by atoms with Gasteiger partial charge in [0, 0.05) is 19.3 Å². The Morgan fingerprint density at radius 2 is 1.96 bits per heavy atom. The van der Waals surface area contributed by atoms with Gasteiger partial charge >= 0.3 is 0 Å². The van der Waals surface area contributed by atoms with E-state index in [4.69, 9.17) is 11.6 Å². The molecule has 6 nitrogen and oxygen atoms in total. The summed E-state index contributed by atoms with van der Waals surface area (Å²) in [6.45, 7) is 4.54. The SMILES string of the molecule is CCN(CC)S(=O)(=O)c1ccc2nc(CSc3ccc(Cl)cn3)[nH]c2c1. The minimum atomic E-state index is -3.48. The van der Waals surface area contributed by atoms with Gasteiger partial charge in [0.05, 0.1) is 31.7 Å². The number of halogens is 1. The van der Waals surface area contributed by atoms with Crippen molar-refractivity contribution in [1.29, 1.82) is 0 Å². The fraction of sp³-hybridized carbons (Fsp3) is 0.294.